The van der Waals surface area contributed by atoms with Gasteiger partial charge in [0.2, 0.25) is 0 Å². The number of aromatic nitrogens is 2. The highest BCUT2D eigenvalue weighted by Crippen LogP contribution is 2.43. The summed E-state index contributed by atoms with van der Waals surface area (Å²) in [6, 6.07) is 14.0. The summed E-state index contributed by atoms with van der Waals surface area (Å²) in [7, 11) is -3.38. The average Bonchev–Trinajstić information content (AvgIpc) is 3.39. The summed E-state index contributed by atoms with van der Waals surface area (Å²) >= 11 is 1.61. The summed E-state index contributed by atoms with van der Waals surface area (Å²) in [6.45, 7) is 3.29. The first-order valence-electron chi connectivity index (χ1n) is 11.1. The summed E-state index contributed by atoms with van der Waals surface area (Å²) in [4.78, 5) is 22.8. The van der Waals surface area contributed by atoms with Gasteiger partial charge < -0.3 is 10.3 Å². The van der Waals surface area contributed by atoms with E-state index in [4.69, 9.17) is 4.98 Å². The maximum atomic E-state index is 13.1. The second-order valence-electron chi connectivity index (χ2n) is 8.59. The predicted octanol–water partition coefficient (Wildman–Crippen LogP) is 5.60. The van der Waals surface area contributed by atoms with Crippen molar-refractivity contribution in [2.24, 2.45) is 0 Å². The Morgan fingerprint density at radius 3 is 2.52 bits per heavy atom. The number of hydrogen-bond donors (Lipinski definition) is 2. The Labute approximate surface area is 197 Å². The zero-order chi connectivity index (χ0) is 23.2. The Morgan fingerprint density at radius 2 is 1.79 bits per heavy atom. The lowest BCUT2D eigenvalue weighted by atomic mass is 9.95. The number of carbonyl (C=O) groups excluding carboxylic acids is 1. The predicted molar refractivity (Wildman–Crippen MR) is 133 cm³/mol. The van der Waals surface area contributed by atoms with Gasteiger partial charge in [-0.1, -0.05) is 12.1 Å². The second-order valence-corrected chi connectivity index (χ2v) is 12.2. The fraction of sp³-hybridized carbons (Fsp3) is 0.280. The monoisotopic (exact) mass is 479 g/mol. The van der Waals surface area contributed by atoms with Crippen molar-refractivity contribution in [1.29, 1.82) is 0 Å². The van der Waals surface area contributed by atoms with Crippen LogP contribution >= 0.6 is 11.3 Å². The van der Waals surface area contributed by atoms with Crippen LogP contribution in [0.1, 0.15) is 47.5 Å². The standard InChI is InChI=1S/C25H25N3O3S2/c1-15(2)33(30,31)17-13-11-16(12-14-17)24(29)28-25-22(18-7-3-6-10-21(18)32-25)23-26-19-8-4-5-9-20(19)27-23/h4-5,8-9,11-15H,3,6-7,10H2,1-2H3,(H,26,27)(H,28,29). The lowest BCUT2D eigenvalue weighted by Crippen LogP contribution is -2.15. The van der Waals surface area contributed by atoms with Gasteiger partial charge in [-0.05, 0) is 81.5 Å². The maximum absolute atomic E-state index is 13.1. The van der Waals surface area contributed by atoms with Crippen molar-refractivity contribution in [2.45, 2.75) is 49.7 Å². The molecule has 2 aromatic heterocycles. The van der Waals surface area contributed by atoms with Crippen LogP contribution in [0, 0.1) is 0 Å². The number of nitrogens with zero attached hydrogens (tertiary/aromatic N) is 1. The summed E-state index contributed by atoms with van der Waals surface area (Å²) < 4.78 is 24.8. The lowest BCUT2D eigenvalue weighted by molar-refractivity contribution is 0.102. The smallest absolute Gasteiger partial charge is 0.256 e. The van der Waals surface area contributed by atoms with Crippen LogP contribution in [0.15, 0.2) is 53.4 Å². The number of rotatable bonds is 5. The van der Waals surface area contributed by atoms with Crippen molar-refractivity contribution in [2.75, 3.05) is 5.32 Å². The average molecular weight is 480 g/mol. The molecule has 2 heterocycles. The van der Waals surface area contributed by atoms with Crippen molar-refractivity contribution in [1.82, 2.24) is 9.97 Å². The van der Waals surface area contributed by atoms with Crippen molar-refractivity contribution >= 4 is 43.1 Å². The van der Waals surface area contributed by atoms with Crippen LogP contribution in [-0.2, 0) is 22.7 Å². The molecular weight excluding hydrogens is 454 g/mol. The quantitative estimate of drug-likeness (QED) is 0.389. The number of H-pyrrole nitrogens is 1. The van der Waals surface area contributed by atoms with E-state index in [9.17, 15) is 13.2 Å². The molecule has 1 aliphatic rings. The highest BCUT2D eigenvalue weighted by atomic mass is 32.2. The summed E-state index contributed by atoms with van der Waals surface area (Å²) in [5.41, 5.74) is 4.50. The third kappa shape index (κ3) is 3.98. The first-order valence-corrected chi connectivity index (χ1v) is 13.5. The molecule has 0 radical (unpaired) electrons. The highest BCUT2D eigenvalue weighted by molar-refractivity contribution is 7.92. The molecule has 4 aromatic rings. The van der Waals surface area contributed by atoms with Crippen molar-refractivity contribution in [3.05, 3.63) is 64.5 Å². The van der Waals surface area contributed by atoms with Crippen LogP contribution in [-0.4, -0.2) is 29.5 Å². The Bertz CT molecular complexity index is 1420. The molecule has 8 heteroatoms. The molecule has 2 N–H and O–H groups in total. The number of amides is 1. The molecule has 0 spiro atoms. The van der Waals surface area contributed by atoms with E-state index in [1.54, 1.807) is 37.3 Å². The Hall–Kier alpha value is -2.97. The minimum absolute atomic E-state index is 0.226. The number of imidazole rings is 1. The van der Waals surface area contributed by atoms with Gasteiger partial charge in [0.1, 0.15) is 10.8 Å². The van der Waals surface area contributed by atoms with E-state index in [0.717, 1.165) is 53.1 Å². The number of benzene rings is 2. The molecule has 0 unspecified atom stereocenters. The van der Waals surface area contributed by atoms with Crippen LogP contribution in [0.5, 0.6) is 0 Å². The van der Waals surface area contributed by atoms with Crippen molar-refractivity contribution in [3.8, 4) is 11.4 Å². The zero-order valence-electron chi connectivity index (χ0n) is 18.5. The fourth-order valence-electron chi connectivity index (χ4n) is 4.22. The first kappa shape index (κ1) is 21.9. The van der Waals surface area contributed by atoms with Crippen molar-refractivity contribution < 1.29 is 13.2 Å². The van der Waals surface area contributed by atoms with Gasteiger partial charge >= 0.3 is 0 Å². The number of thiophene rings is 1. The molecule has 170 valence electrons. The number of aryl methyl sites for hydroxylation is 1. The number of hydrogen-bond acceptors (Lipinski definition) is 5. The Kier molecular flexibility index (Phi) is 5.58. The molecule has 6 nitrogen and oxygen atoms in total. The molecule has 0 fully saturated rings. The molecule has 5 rings (SSSR count). The maximum Gasteiger partial charge on any atom is 0.256 e. The molecule has 0 atom stereocenters. The van der Waals surface area contributed by atoms with Crippen LogP contribution in [0.3, 0.4) is 0 Å². The fourth-order valence-corrected chi connectivity index (χ4v) is 6.56. The van der Waals surface area contributed by atoms with Gasteiger partial charge in [-0.15, -0.1) is 11.3 Å². The molecule has 0 aliphatic heterocycles. The van der Waals surface area contributed by atoms with E-state index >= 15 is 0 Å². The third-order valence-corrected chi connectivity index (χ3v) is 9.47. The minimum Gasteiger partial charge on any atom is -0.338 e. The van der Waals surface area contributed by atoms with Gasteiger partial charge in [0.05, 0.1) is 26.7 Å². The van der Waals surface area contributed by atoms with Gasteiger partial charge in [0.25, 0.3) is 5.91 Å². The topological polar surface area (TPSA) is 91.9 Å². The highest BCUT2D eigenvalue weighted by Gasteiger charge is 2.25. The molecule has 1 amide bonds. The van der Waals surface area contributed by atoms with Crippen LogP contribution < -0.4 is 5.32 Å². The van der Waals surface area contributed by atoms with Crippen LogP contribution in [0.25, 0.3) is 22.4 Å². The number of para-hydroxylation sites is 2. The van der Waals surface area contributed by atoms with Gasteiger partial charge in [-0.3, -0.25) is 4.79 Å². The van der Waals surface area contributed by atoms with E-state index in [0.29, 0.717) is 5.56 Å². The first-order chi connectivity index (χ1) is 15.8. The van der Waals surface area contributed by atoms with Crippen LogP contribution in [0.2, 0.25) is 0 Å². The number of anilines is 1. The molecular formula is C25H25N3O3S2. The number of nitrogens with one attached hydrogen (secondary N) is 2. The van der Waals surface area contributed by atoms with Gasteiger partial charge in [0.15, 0.2) is 9.84 Å². The molecule has 0 saturated heterocycles. The van der Waals surface area contributed by atoms with E-state index in [2.05, 4.69) is 10.3 Å². The number of aromatic amines is 1. The van der Waals surface area contributed by atoms with Gasteiger partial charge in [-0.2, -0.15) is 0 Å². The molecule has 0 saturated carbocycles. The summed E-state index contributed by atoms with van der Waals surface area (Å²) in [5.74, 6) is 0.503. The lowest BCUT2D eigenvalue weighted by Gasteiger charge is -2.12. The van der Waals surface area contributed by atoms with Gasteiger partial charge in [-0.25, -0.2) is 13.4 Å². The van der Waals surface area contributed by atoms with E-state index in [-0.39, 0.29) is 10.8 Å². The summed E-state index contributed by atoms with van der Waals surface area (Å²) in [5, 5.41) is 3.35. The normalized spacial score (nSPS) is 13.9. The number of sulfone groups is 1. The number of fused-ring (bicyclic) bond motifs is 2. The van der Waals surface area contributed by atoms with E-state index < -0.39 is 15.1 Å². The SMILES string of the molecule is CC(C)S(=O)(=O)c1ccc(C(=O)Nc2sc3c(c2-c2nc4ccccc4[nH]2)CCCC3)cc1. The molecule has 33 heavy (non-hydrogen) atoms. The van der Waals surface area contributed by atoms with Crippen molar-refractivity contribution in [3.63, 3.8) is 0 Å². The third-order valence-electron chi connectivity index (χ3n) is 6.09. The summed E-state index contributed by atoms with van der Waals surface area (Å²) in [6.07, 6.45) is 4.24. The largest absolute Gasteiger partial charge is 0.338 e. The van der Waals surface area contributed by atoms with Gasteiger partial charge in [0, 0.05) is 10.4 Å². The Morgan fingerprint density at radius 1 is 1.06 bits per heavy atom. The zero-order valence-corrected chi connectivity index (χ0v) is 20.1. The second kappa shape index (κ2) is 8.43. The van der Waals surface area contributed by atoms with Crippen LogP contribution in [0.4, 0.5) is 5.00 Å². The molecule has 1 aliphatic carbocycles. The minimum atomic E-state index is -3.38. The Balaban J connectivity index is 1.50. The molecule has 0 bridgehead atoms. The van der Waals surface area contributed by atoms with E-state index in [1.165, 1.54) is 22.6 Å². The van der Waals surface area contributed by atoms with E-state index in [1.807, 2.05) is 24.3 Å². The molecule has 2 aromatic carbocycles. The number of carbonyl (C=O) groups is 1.